The van der Waals surface area contributed by atoms with E-state index in [4.69, 9.17) is 11.6 Å². The predicted octanol–water partition coefficient (Wildman–Crippen LogP) is 3.57. The lowest BCUT2D eigenvalue weighted by atomic mass is 10.3. The third-order valence-electron chi connectivity index (χ3n) is 2.94. The minimum Gasteiger partial charge on any atom is -0.240 e. The summed E-state index contributed by atoms with van der Waals surface area (Å²) in [6.45, 7) is 0.00372. The first-order valence-corrected chi connectivity index (χ1v) is 8.93. The molecule has 0 unspecified atom stereocenters. The van der Waals surface area contributed by atoms with E-state index in [0.29, 0.717) is 5.01 Å². The van der Waals surface area contributed by atoms with Gasteiger partial charge in [-0.15, -0.1) is 11.3 Å². The van der Waals surface area contributed by atoms with E-state index < -0.39 is 20.7 Å². The van der Waals surface area contributed by atoms with Gasteiger partial charge in [0.1, 0.15) is 15.7 Å². The molecule has 114 valence electrons. The molecule has 0 bridgehead atoms. The highest BCUT2D eigenvalue weighted by Gasteiger charge is 2.19. The minimum atomic E-state index is -3.96. The van der Waals surface area contributed by atoms with Crippen LogP contribution in [0.15, 0.2) is 47.4 Å². The highest BCUT2D eigenvalue weighted by Crippen LogP contribution is 2.23. The van der Waals surface area contributed by atoms with Gasteiger partial charge in [-0.1, -0.05) is 23.7 Å². The van der Waals surface area contributed by atoms with Gasteiger partial charge in [-0.2, -0.15) is 0 Å². The molecule has 1 heterocycles. The molecule has 0 radical (unpaired) electrons. The summed E-state index contributed by atoms with van der Waals surface area (Å²) >= 11 is 7.01. The predicted molar refractivity (Wildman–Crippen MR) is 85.1 cm³/mol. The molecule has 0 fully saturated rings. The lowest BCUT2D eigenvalue weighted by molar-refractivity contribution is 0.557. The summed E-state index contributed by atoms with van der Waals surface area (Å²) in [5, 5.41) is 0.752. The van der Waals surface area contributed by atoms with Crippen LogP contribution in [-0.4, -0.2) is 13.4 Å². The normalized spacial score (nSPS) is 11.9. The van der Waals surface area contributed by atoms with Gasteiger partial charge < -0.3 is 0 Å². The Morgan fingerprint density at radius 1 is 1.23 bits per heavy atom. The molecule has 4 nitrogen and oxygen atoms in total. The van der Waals surface area contributed by atoms with Crippen molar-refractivity contribution in [1.29, 1.82) is 0 Å². The zero-order chi connectivity index (χ0) is 15.7. The van der Waals surface area contributed by atoms with Crippen molar-refractivity contribution in [3.63, 3.8) is 0 Å². The van der Waals surface area contributed by atoms with E-state index in [1.54, 1.807) is 0 Å². The quantitative estimate of drug-likeness (QED) is 0.777. The molecule has 3 rings (SSSR count). The molecule has 2 aromatic carbocycles. The molecule has 1 N–H and O–H groups in total. The molecule has 0 saturated heterocycles. The van der Waals surface area contributed by atoms with Crippen LogP contribution in [0.1, 0.15) is 5.01 Å². The van der Waals surface area contributed by atoms with Crippen LogP contribution in [0, 0.1) is 5.82 Å². The third kappa shape index (κ3) is 3.12. The van der Waals surface area contributed by atoms with Crippen molar-refractivity contribution in [2.24, 2.45) is 0 Å². The summed E-state index contributed by atoms with van der Waals surface area (Å²) in [6, 6.07) is 10.9. The van der Waals surface area contributed by atoms with E-state index >= 15 is 0 Å². The van der Waals surface area contributed by atoms with Gasteiger partial charge in [0.05, 0.1) is 16.8 Å². The number of hydrogen-bond donors (Lipinski definition) is 1. The van der Waals surface area contributed by atoms with Crippen LogP contribution in [0.3, 0.4) is 0 Å². The number of thiazole rings is 1. The molecule has 0 aliphatic carbocycles. The monoisotopic (exact) mass is 356 g/mol. The first kappa shape index (κ1) is 15.4. The Hall–Kier alpha value is -1.54. The number of hydrogen-bond acceptors (Lipinski definition) is 4. The van der Waals surface area contributed by atoms with Gasteiger partial charge in [0, 0.05) is 5.02 Å². The summed E-state index contributed by atoms with van der Waals surface area (Å²) in [6.07, 6.45) is 0. The van der Waals surface area contributed by atoms with Crippen LogP contribution in [-0.2, 0) is 16.6 Å². The summed E-state index contributed by atoms with van der Waals surface area (Å²) in [5.74, 6) is -0.885. The van der Waals surface area contributed by atoms with Crippen molar-refractivity contribution < 1.29 is 12.8 Å². The maximum absolute atomic E-state index is 13.7. The van der Waals surface area contributed by atoms with Gasteiger partial charge >= 0.3 is 0 Å². The maximum Gasteiger partial charge on any atom is 0.243 e. The highest BCUT2D eigenvalue weighted by atomic mass is 35.5. The molecule has 8 heteroatoms. The number of halogens is 2. The molecule has 0 saturated carbocycles. The van der Waals surface area contributed by atoms with Crippen molar-refractivity contribution >= 4 is 43.2 Å². The van der Waals surface area contributed by atoms with E-state index in [1.165, 1.54) is 17.4 Å². The van der Waals surface area contributed by atoms with Crippen molar-refractivity contribution in [1.82, 2.24) is 9.71 Å². The largest absolute Gasteiger partial charge is 0.243 e. The summed E-state index contributed by atoms with van der Waals surface area (Å²) < 4.78 is 41.3. The first-order valence-electron chi connectivity index (χ1n) is 6.25. The molecule has 1 aromatic heterocycles. The Kier molecular flexibility index (Phi) is 4.14. The van der Waals surface area contributed by atoms with Gasteiger partial charge in [-0.3, -0.25) is 0 Å². The fourth-order valence-corrected chi connectivity index (χ4v) is 4.13. The van der Waals surface area contributed by atoms with E-state index in [0.717, 1.165) is 22.3 Å². The molecule has 0 atom stereocenters. The van der Waals surface area contributed by atoms with E-state index in [1.807, 2.05) is 24.3 Å². The van der Waals surface area contributed by atoms with Crippen LogP contribution in [0.25, 0.3) is 10.2 Å². The van der Waals surface area contributed by atoms with E-state index in [9.17, 15) is 12.8 Å². The topological polar surface area (TPSA) is 59.1 Å². The molecule has 3 aromatic rings. The molecule has 0 aliphatic heterocycles. The average molecular weight is 357 g/mol. The van der Waals surface area contributed by atoms with Gasteiger partial charge in [0.2, 0.25) is 10.0 Å². The van der Waals surface area contributed by atoms with Crippen LogP contribution < -0.4 is 4.72 Å². The third-order valence-corrected chi connectivity index (χ3v) is 5.64. The van der Waals surface area contributed by atoms with Crippen molar-refractivity contribution in [2.45, 2.75) is 11.4 Å². The number of nitrogens with zero attached hydrogens (tertiary/aromatic N) is 1. The fourth-order valence-electron chi connectivity index (χ4n) is 1.92. The Balaban J connectivity index is 1.82. The molecule has 0 aliphatic rings. The summed E-state index contributed by atoms with van der Waals surface area (Å²) in [4.78, 5) is 3.89. The lowest BCUT2D eigenvalue weighted by Crippen LogP contribution is -2.24. The van der Waals surface area contributed by atoms with Crippen LogP contribution >= 0.6 is 22.9 Å². The summed E-state index contributed by atoms with van der Waals surface area (Å²) in [7, 11) is -3.96. The van der Waals surface area contributed by atoms with Gasteiger partial charge in [0.25, 0.3) is 0 Å². The summed E-state index contributed by atoms with van der Waals surface area (Å²) in [5.41, 5.74) is 0.805. The molecule has 0 spiro atoms. The van der Waals surface area contributed by atoms with E-state index in [-0.39, 0.29) is 11.6 Å². The maximum atomic E-state index is 13.7. The lowest BCUT2D eigenvalue weighted by Gasteiger charge is -2.06. The second kappa shape index (κ2) is 5.92. The standard InChI is InChI=1S/C14H10ClFN2O2S2/c15-9-5-6-13(10(16)7-9)22(19,20)17-8-14-18-11-3-1-2-4-12(11)21-14/h1-7,17H,8H2. The van der Waals surface area contributed by atoms with Crippen molar-refractivity contribution in [3.8, 4) is 0 Å². The fraction of sp³-hybridized carbons (Fsp3) is 0.0714. The van der Waals surface area contributed by atoms with Crippen LogP contribution in [0.5, 0.6) is 0 Å². The molecular formula is C14H10ClFN2O2S2. The zero-order valence-corrected chi connectivity index (χ0v) is 13.5. The Bertz CT molecular complexity index is 908. The van der Waals surface area contributed by atoms with Gasteiger partial charge in [-0.25, -0.2) is 22.5 Å². The second-order valence-corrected chi connectivity index (χ2v) is 7.76. The Morgan fingerprint density at radius 3 is 2.73 bits per heavy atom. The van der Waals surface area contributed by atoms with Crippen molar-refractivity contribution in [3.05, 3.63) is 58.3 Å². The number of aromatic nitrogens is 1. The molecular weight excluding hydrogens is 347 g/mol. The average Bonchev–Trinajstić information content (AvgIpc) is 2.87. The second-order valence-electron chi connectivity index (χ2n) is 4.47. The number of nitrogens with one attached hydrogen (secondary N) is 1. The number of sulfonamides is 1. The Morgan fingerprint density at radius 2 is 2.00 bits per heavy atom. The van der Waals surface area contributed by atoms with Gasteiger partial charge in [-0.05, 0) is 30.3 Å². The first-order chi connectivity index (χ1) is 10.5. The van der Waals surface area contributed by atoms with Crippen LogP contribution in [0.4, 0.5) is 4.39 Å². The van der Waals surface area contributed by atoms with E-state index in [2.05, 4.69) is 9.71 Å². The smallest absolute Gasteiger partial charge is 0.240 e. The van der Waals surface area contributed by atoms with Crippen LogP contribution in [0.2, 0.25) is 5.02 Å². The number of para-hydroxylation sites is 1. The van der Waals surface area contributed by atoms with Crippen molar-refractivity contribution in [2.75, 3.05) is 0 Å². The minimum absolute atomic E-state index is 0.00372. The number of rotatable bonds is 4. The zero-order valence-electron chi connectivity index (χ0n) is 11.1. The Labute approximate surface area is 135 Å². The molecule has 0 amide bonds. The van der Waals surface area contributed by atoms with Gasteiger partial charge in [0.15, 0.2) is 0 Å². The number of benzene rings is 2. The number of fused-ring (bicyclic) bond motifs is 1. The molecule has 22 heavy (non-hydrogen) atoms. The SMILES string of the molecule is O=S(=O)(NCc1nc2ccccc2s1)c1ccc(Cl)cc1F. The highest BCUT2D eigenvalue weighted by molar-refractivity contribution is 7.89.